The van der Waals surface area contributed by atoms with Gasteiger partial charge in [0.1, 0.15) is 5.75 Å². The van der Waals surface area contributed by atoms with Gasteiger partial charge in [-0.15, -0.1) is 0 Å². The first-order valence-electron chi connectivity index (χ1n) is 8.75. The van der Waals surface area contributed by atoms with Gasteiger partial charge in [-0.3, -0.25) is 9.59 Å². The molecule has 2 aromatic rings. The average Bonchev–Trinajstić information content (AvgIpc) is 2.65. The lowest BCUT2D eigenvalue weighted by atomic mass is 10.2. The summed E-state index contributed by atoms with van der Waals surface area (Å²) in [6.07, 6.45) is 1.68. The molecule has 0 spiro atoms. The van der Waals surface area contributed by atoms with Crippen LogP contribution in [0.15, 0.2) is 42.5 Å². The summed E-state index contributed by atoms with van der Waals surface area (Å²) in [6, 6.07) is 11.9. The van der Waals surface area contributed by atoms with Crippen molar-refractivity contribution in [3.8, 4) is 5.75 Å². The fourth-order valence-corrected chi connectivity index (χ4v) is 2.77. The van der Waals surface area contributed by atoms with Crippen LogP contribution in [0.1, 0.15) is 36.5 Å². The Morgan fingerprint density at radius 3 is 2.67 bits per heavy atom. The molecule has 7 heteroatoms. The highest BCUT2D eigenvalue weighted by Gasteiger charge is 2.08. The summed E-state index contributed by atoms with van der Waals surface area (Å²) in [5, 5.41) is 6.57. The number of halogens is 2. The van der Waals surface area contributed by atoms with Gasteiger partial charge in [-0.25, -0.2) is 0 Å². The highest BCUT2D eigenvalue weighted by atomic mass is 35.5. The summed E-state index contributed by atoms with van der Waals surface area (Å²) in [5.41, 5.74) is 1.10. The van der Waals surface area contributed by atoms with Crippen LogP contribution in [0.2, 0.25) is 10.0 Å². The van der Waals surface area contributed by atoms with E-state index in [2.05, 4.69) is 10.6 Å². The van der Waals surface area contributed by atoms with Crippen molar-refractivity contribution in [2.75, 3.05) is 18.5 Å². The molecule has 0 bridgehead atoms. The molecular weight excluding hydrogens is 387 g/mol. The fraction of sp³-hybridized carbons (Fsp3) is 0.300. The van der Waals surface area contributed by atoms with E-state index < -0.39 is 0 Å². The molecule has 0 fully saturated rings. The smallest absolute Gasteiger partial charge is 0.251 e. The Morgan fingerprint density at radius 1 is 1.11 bits per heavy atom. The Kier molecular flexibility index (Phi) is 8.43. The lowest BCUT2D eigenvalue weighted by Gasteiger charge is -2.09. The second kappa shape index (κ2) is 10.8. The molecule has 5 nitrogen and oxygen atoms in total. The first kappa shape index (κ1) is 21.1. The van der Waals surface area contributed by atoms with E-state index in [1.54, 1.807) is 42.5 Å². The molecule has 144 valence electrons. The summed E-state index contributed by atoms with van der Waals surface area (Å²) in [4.78, 5) is 24.1. The van der Waals surface area contributed by atoms with Gasteiger partial charge in [0.25, 0.3) is 5.91 Å². The number of benzene rings is 2. The molecule has 2 N–H and O–H groups in total. The van der Waals surface area contributed by atoms with Crippen molar-refractivity contribution in [2.24, 2.45) is 0 Å². The van der Waals surface area contributed by atoms with Crippen molar-refractivity contribution in [1.82, 2.24) is 5.32 Å². The van der Waals surface area contributed by atoms with Gasteiger partial charge in [0.15, 0.2) is 0 Å². The summed E-state index contributed by atoms with van der Waals surface area (Å²) in [5.74, 6) is 0.236. The third-order valence-electron chi connectivity index (χ3n) is 3.64. The van der Waals surface area contributed by atoms with Crippen LogP contribution in [0.4, 0.5) is 5.69 Å². The first-order chi connectivity index (χ1) is 13.0. The minimum atomic E-state index is -0.152. The molecule has 2 amide bonds. The molecule has 0 saturated heterocycles. The third-order valence-corrected chi connectivity index (χ3v) is 4.17. The van der Waals surface area contributed by atoms with Gasteiger partial charge >= 0.3 is 0 Å². The zero-order chi connectivity index (χ0) is 19.6. The van der Waals surface area contributed by atoms with Gasteiger partial charge < -0.3 is 15.4 Å². The molecule has 0 heterocycles. The number of ether oxygens (including phenoxy) is 1. The zero-order valence-corrected chi connectivity index (χ0v) is 16.6. The molecule has 0 unspecified atom stereocenters. The third kappa shape index (κ3) is 7.12. The Labute approximate surface area is 169 Å². The van der Waals surface area contributed by atoms with E-state index in [4.69, 9.17) is 27.9 Å². The Bertz CT molecular complexity index is 797. The van der Waals surface area contributed by atoms with E-state index in [0.29, 0.717) is 46.6 Å². The minimum Gasteiger partial charge on any atom is -0.492 e. The lowest BCUT2D eigenvalue weighted by molar-refractivity contribution is -0.116. The van der Waals surface area contributed by atoms with E-state index in [9.17, 15) is 9.59 Å². The Balaban J connectivity index is 1.77. The molecule has 0 aromatic heterocycles. The van der Waals surface area contributed by atoms with Crippen molar-refractivity contribution >= 4 is 40.7 Å². The molecule has 0 aliphatic heterocycles. The Hall–Kier alpha value is -2.24. The maximum Gasteiger partial charge on any atom is 0.251 e. The van der Waals surface area contributed by atoms with E-state index in [1.165, 1.54) is 0 Å². The molecule has 0 aliphatic rings. The normalized spacial score (nSPS) is 10.3. The summed E-state index contributed by atoms with van der Waals surface area (Å²) in [6.45, 7) is 2.96. The van der Waals surface area contributed by atoms with Gasteiger partial charge in [-0.05, 0) is 49.2 Å². The van der Waals surface area contributed by atoms with Crippen LogP contribution < -0.4 is 15.4 Å². The predicted octanol–water partition coefficient (Wildman–Crippen LogP) is 4.93. The van der Waals surface area contributed by atoms with Crippen LogP contribution in [0.25, 0.3) is 0 Å². The fourth-order valence-electron chi connectivity index (χ4n) is 2.31. The molecule has 2 aromatic carbocycles. The monoisotopic (exact) mass is 408 g/mol. The zero-order valence-electron chi connectivity index (χ0n) is 15.1. The van der Waals surface area contributed by atoms with Crippen molar-refractivity contribution in [1.29, 1.82) is 0 Å². The molecule has 0 atom stereocenters. The van der Waals surface area contributed by atoms with E-state index >= 15 is 0 Å². The molecule has 27 heavy (non-hydrogen) atoms. The maximum absolute atomic E-state index is 12.1. The molecule has 0 aliphatic carbocycles. The van der Waals surface area contributed by atoms with Crippen LogP contribution in [0.3, 0.4) is 0 Å². The summed E-state index contributed by atoms with van der Waals surface area (Å²) >= 11 is 11.9. The van der Waals surface area contributed by atoms with Crippen LogP contribution in [0, 0.1) is 0 Å². The SMILES string of the molecule is CCCNC(=O)c1cccc(NC(=O)CCCOc2ccc(Cl)cc2Cl)c1. The van der Waals surface area contributed by atoms with Crippen molar-refractivity contribution in [3.63, 3.8) is 0 Å². The summed E-state index contributed by atoms with van der Waals surface area (Å²) < 4.78 is 5.56. The highest BCUT2D eigenvalue weighted by Crippen LogP contribution is 2.27. The molecule has 0 radical (unpaired) electrons. The van der Waals surface area contributed by atoms with E-state index in [1.807, 2.05) is 6.92 Å². The van der Waals surface area contributed by atoms with Crippen LogP contribution >= 0.6 is 23.2 Å². The van der Waals surface area contributed by atoms with Crippen molar-refractivity contribution in [3.05, 3.63) is 58.1 Å². The van der Waals surface area contributed by atoms with Gasteiger partial charge in [-0.1, -0.05) is 36.2 Å². The number of nitrogens with one attached hydrogen (secondary N) is 2. The van der Waals surface area contributed by atoms with Crippen molar-refractivity contribution < 1.29 is 14.3 Å². The lowest BCUT2D eigenvalue weighted by Crippen LogP contribution is -2.24. The highest BCUT2D eigenvalue weighted by molar-refractivity contribution is 6.35. The van der Waals surface area contributed by atoms with Gasteiger partial charge in [0, 0.05) is 29.2 Å². The Morgan fingerprint density at radius 2 is 1.93 bits per heavy atom. The first-order valence-corrected chi connectivity index (χ1v) is 9.51. The predicted molar refractivity (Wildman–Crippen MR) is 109 cm³/mol. The second-order valence-electron chi connectivity index (χ2n) is 5.91. The van der Waals surface area contributed by atoms with Crippen LogP contribution in [-0.4, -0.2) is 25.0 Å². The largest absolute Gasteiger partial charge is 0.492 e. The molecular formula is C20H22Cl2N2O3. The quantitative estimate of drug-likeness (QED) is 0.577. The van der Waals surface area contributed by atoms with Crippen LogP contribution in [-0.2, 0) is 4.79 Å². The number of rotatable bonds is 9. The standard InChI is InChI=1S/C20H22Cl2N2O3/c1-2-10-23-20(26)14-5-3-6-16(12-14)24-19(25)7-4-11-27-18-9-8-15(21)13-17(18)22/h3,5-6,8-9,12-13H,2,4,7,10-11H2,1H3,(H,23,26)(H,24,25). The van der Waals surface area contributed by atoms with Crippen molar-refractivity contribution in [2.45, 2.75) is 26.2 Å². The average molecular weight is 409 g/mol. The second-order valence-corrected chi connectivity index (χ2v) is 6.76. The maximum atomic E-state index is 12.1. The van der Waals surface area contributed by atoms with Gasteiger partial charge in [0.2, 0.25) is 5.91 Å². The van der Waals surface area contributed by atoms with E-state index in [-0.39, 0.29) is 18.2 Å². The van der Waals surface area contributed by atoms with Crippen LogP contribution in [0.5, 0.6) is 5.75 Å². The number of hydrogen-bond acceptors (Lipinski definition) is 3. The van der Waals surface area contributed by atoms with Gasteiger partial charge in [-0.2, -0.15) is 0 Å². The summed E-state index contributed by atoms with van der Waals surface area (Å²) in [7, 11) is 0. The van der Waals surface area contributed by atoms with Gasteiger partial charge in [0.05, 0.1) is 11.6 Å². The number of carbonyl (C=O) groups excluding carboxylic acids is 2. The number of carbonyl (C=O) groups is 2. The minimum absolute atomic E-state index is 0.146. The van der Waals surface area contributed by atoms with E-state index in [0.717, 1.165) is 6.42 Å². The molecule has 2 rings (SSSR count). The topological polar surface area (TPSA) is 67.4 Å². The molecule has 0 saturated carbocycles. The number of amides is 2. The number of anilines is 1. The number of hydrogen-bond donors (Lipinski definition) is 2.